The first-order valence-corrected chi connectivity index (χ1v) is 8.93. The van der Waals surface area contributed by atoms with Gasteiger partial charge in [0, 0.05) is 13.1 Å². The van der Waals surface area contributed by atoms with Gasteiger partial charge in [-0.2, -0.15) is 5.10 Å². The average Bonchev–Trinajstić information content (AvgIpc) is 3.13. The summed E-state index contributed by atoms with van der Waals surface area (Å²) in [5.41, 5.74) is 1.72. The van der Waals surface area contributed by atoms with E-state index in [-0.39, 0.29) is 11.9 Å². The van der Waals surface area contributed by atoms with Gasteiger partial charge in [-0.05, 0) is 31.9 Å². The van der Waals surface area contributed by atoms with E-state index in [0.29, 0.717) is 13.2 Å². The van der Waals surface area contributed by atoms with E-state index in [1.54, 1.807) is 12.5 Å². The van der Waals surface area contributed by atoms with Crippen LogP contribution < -0.4 is 4.90 Å². The molecule has 0 aliphatic carbocycles. The standard InChI is InChI=1S/C19H21N5O2/c1-2-26-19(25)14-7-6-10-23(12-14)17-16-11-22-24(18(16)21-13-20-17)15-8-4-3-5-9-15/h3-5,8-9,11,13-14H,2,6-7,10,12H2,1H3. The van der Waals surface area contributed by atoms with E-state index in [1.807, 2.05) is 41.9 Å². The highest BCUT2D eigenvalue weighted by Crippen LogP contribution is 2.28. The summed E-state index contributed by atoms with van der Waals surface area (Å²) in [5.74, 6) is 0.589. The summed E-state index contributed by atoms with van der Waals surface area (Å²) >= 11 is 0. The Labute approximate surface area is 151 Å². The predicted molar refractivity (Wildman–Crippen MR) is 98.2 cm³/mol. The lowest BCUT2D eigenvalue weighted by atomic mass is 9.98. The summed E-state index contributed by atoms with van der Waals surface area (Å²) in [6.45, 7) is 3.72. The van der Waals surface area contributed by atoms with Gasteiger partial charge in [-0.25, -0.2) is 14.6 Å². The molecule has 1 unspecified atom stereocenters. The Bertz CT molecular complexity index is 909. The summed E-state index contributed by atoms with van der Waals surface area (Å²) in [5, 5.41) is 5.39. The number of aromatic nitrogens is 4. The van der Waals surface area contributed by atoms with Crippen LogP contribution in [0.4, 0.5) is 5.82 Å². The van der Waals surface area contributed by atoms with Gasteiger partial charge in [0.2, 0.25) is 0 Å². The van der Waals surface area contributed by atoms with Crippen molar-refractivity contribution in [2.45, 2.75) is 19.8 Å². The summed E-state index contributed by atoms with van der Waals surface area (Å²) in [7, 11) is 0. The quantitative estimate of drug-likeness (QED) is 0.673. The number of nitrogens with zero attached hydrogens (tertiary/aromatic N) is 5. The van der Waals surface area contributed by atoms with Gasteiger partial charge < -0.3 is 9.64 Å². The Morgan fingerprint density at radius 2 is 2.12 bits per heavy atom. The van der Waals surface area contributed by atoms with Crippen molar-refractivity contribution < 1.29 is 9.53 Å². The van der Waals surface area contributed by atoms with E-state index in [0.717, 1.165) is 41.9 Å². The number of ether oxygens (including phenoxy) is 1. The first kappa shape index (κ1) is 16.5. The lowest BCUT2D eigenvalue weighted by Crippen LogP contribution is -2.40. The molecule has 1 atom stereocenters. The number of fused-ring (bicyclic) bond motifs is 1. The zero-order valence-electron chi connectivity index (χ0n) is 14.7. The maximum atomic E-state index is 12.1. The van der Waals surface area contributed by atoms with Crippen LogP contribution in [0.5, 0.6) is 0 Å². The molecule has 1 fully saturated rings. The van der Waals surface area contributed by atoms with Gasteiger partial charge in [0.15, 0.2) is 5.65 Å². The molecule has 7 nitrogen and oxygen atoms in total. The Kier molecular flexibility index (Phi) is 4.51. The van der Waals surface area contributed by atoms with Crippen molar-refractivity contribution in [1.82, 2.24) is 19.7 Å². The minimum atomic E-state index is -0.123. The predicted octanol–water partition coefficient (Wildman–Crippen LogP) is 2.60. The number of anilines is 1. The van der Waals surface area contributed by atoms with Gasteiger partial charge in [-0.3, -0.25) is 4.79 Å². The lowest BCUT2D eigenvalue weighted by molar-refractivity contribution is -0.148. The molecule has 0 bridgehead atoms. The highest BCUT2D eigenvalue weighted by molar-refractivity contribution is 5.88. The molecule has 3 aromatic rings. The first-order valence-electron chi connectivity index (χ1n) is 8.93. The SMILES string of the molecule is CCOC(=O)C1CCCN(c2ncnc3c2cnn3-c2ccccc2)C1. The van der Waals surface area contributed by atoms with Crippen LogP contribution in [-0.4, -0.2) is 45.4 Å². The smallest absolute Gasteiger partial charge is 0.310 e. The van der Waals surface area contributed by atoms with Gasteiger partial charge in [0.05, 0.1) is 29.8 Å². The highest BCUT2D eigenvalue weighted by atomic mass is 16.5. The zero-order chi connectivity index (χ0) is 17.9. The van der Waals surface area contributed by atoms with Crippen molar-refractivity contribution in [1.29, 1.82) is 0 Å². The minimum Gasteiger partial charge on any atom is -0.466 e. The van der Waals surface area contributed by atoms with Crippen LogP contribution in [-0.2, 0) is 9.53 Å². The Morgan fingerprint density at radius 1 is 1.27 bits per heavy atom. The van der Waals surface area contributed by atoms with Crippen LogP contribution in [0.2, 0.25) is 0 Å². The van der Waals surface area contributed by atoms with Crippen LogP contribution in [0.25, 0.3) is 16.7 Å². The molecule has 7 heteroatoms. The van der Waals surface area contributed by atoms with Crippen molar-refractivity contribution in [2.75, 3.05) is 24.6 Å². The van der Waals surface area contributed by atoms with E-state index >= 15 is 0 Å². The Hall–Kier alpha value is -2.96. The summed E-state index contributed by atoms with van der Waals surface area (Å²) in [6.07, 6.45) is 5.15. The van der Waals surface area contributed by atoms with E-state index in [4.69, 9.17) is 4.74 Å². The van der Waals surface area contributed by atoms with Crippen LogP contribution >= 0.6 is 0 Å². The summed E-state index contributed by atoms with van der Waals surface area (Å²) in [4.78, 5) is 23.2. The highest BCUT2D eigenvalue weighted by Gasteiger charge is 2.28. The van der Waals surface area contributed by atoms with Crippen molar-refractivity contribution in [3.05, 3.63) is 42.9 Å². The number of hydrogen-bond donors (Lipinski definition) is 0. The zero-order valence-corrected chi connectivity index (χ0v) is 14.7. The molecule has 0 saturated carbocycles. The monoisotopic (exact) mass is 351 g/mol. The summed E-state index contributed by atoms with van der Waals surface area (Å²) in [6, 6.07) is 9.90. The molecule has 2 aromatic heterocycles. The Morgan fingerprint density at radius 3 is 2.92 bits per heavy atom. The molecule has 0 N–H and O–H groups in total. The maximum absolute atomic E-state index is 12.1. The van der Waals surface area contributed by atoms with Gasteiger partial charge in [-0.15, -0.1) is 0 Å². The Balaban J connectivity index is 1.67. The molecular formula is C19H21N5O2. The average molecular weight is 351 g/mol. The fourth-order valence-corrected chi connectivity index (χ4v) is 3.46. The third kappa shape index (κ3) is 3.00. The second-order valence-corrected chi connectivity index (χ2v) is 6.36. The maximum Gasteiger partial charge on any atom is 0.310 e. The second-order valence-electron chi connectivity index (χ2n) is 6.36. The van der Waals surface area contributed by atoms with Crippen molar-refractivity contribution in [3.8, 4) is 5.69 Å². The van der Waals surface area contributed by atoms with Crippen molar-refractivity contribution >= 4 is 22.8 Å². The normalized spacial score (nSPS) is 17.4. The molecule has 0 radical (unpaired) electrons. The van der Waals surface area contributed by atoms with Gasteiger partial charge in [0.1, 0.15) is 12.1 Å². The third-order valence-corrected chi connectivity index (χ3v) is 4.69. The minimum absolute atomic E-state index is 0.113. The van der Waals surface area contributed by atoms with Crippen LogP contribution in [0.3, 0.4) is 0 Å². The lowest BCUT2D eigenvalue weighted by Gasteiger charge is -2.32. The number of carbonyl (C=O) groups excluding carboxylic acids is 1. The van der Waals surface area contributed by atoms with E-state index in [9.17, 15) is 4.79 Å². The van der Waals surface area contributed by atoms with Gasteiger partial charge in [0.25, 0.3) is 0 Å². The number of piperidine rings is 1. The molecule has 1 aliphatic rings. The molecule has 26 heavy (non-hydrogen) atoms. The number of rotatable bonds is 4. The number of para-hydroxylation sites is 1. The topological polar surface area (TPSA) is 73.1 Å². The molecule has 1 saturated heterocycles. The molecule has 1 aromatic carbocycles. The third-order valence-electron chi connectivity index (χ3n) is 4.69. The number of benzene rings is 1. The van der Waals surface area contributed by atoms with Gasteiger partial charge in [-0.1, -0.05) is 18.2 Å². The summed E-state index contributed by atoms with van der Waals surface area (Å²) < 4.78 is 7.01. The molecule has 1 aliphatic heterocycles. The van der Waals surface area contributed by atoms with Crippen molar-refractivity contribution in [3.63, 3.8) is 0 Å². The second kappa shape index (κ2) is 7.11. The fraction of sp³-hybridized carbons (Fsp3) is 0.368. The fourth-order valence-electron chi connectivity index (χ4n) is 3.46. The number of hydrogen-bond acceptors (Lipinski definition) is 6. The number of carbonyl (C=O) groups is 1. The van der Waals surface area contributed by atoms with E-state index in [1.165, 1.54) is 0 Å². The number of esters is 1. The molecule has 3 heterocycles. The van der Waals surface area contributed by atoms with Gasteiger partial charge >= 0.3 is 5.97 Å². The van der Waals surface area contributed by atoms with Crippen LogP contribution in [0, 0.1) is 5.92 Å². The molecular weight excluding hydrogens is 330 g/mol. The molecule has 134 valence electrons. The van der Waals surface area contributed by atoms with E-state index < -0.39 is 0 Å². The van der Waals surface area contributed by atoms with Crippen molar-refractivity contribution in [2.24, 2.45) is 5.92 Å². The molecule has 4 rings (SSSR count). The first-order chi connectivity index (χ1) is 12.8. The van der Waals surface area contributed by atoms with Crippen LogP contribution in [0.15, 0.2) is 42.9 Å². The molecule has 0 amide bonds. The largest absolute Gasteiger partial charge is 0.466 e. The van der Waals surface area contributed by atoms with E-state index in [2.05, 4.69) is 20.0 Å². The van der Waals surface area contributed by atoms with Crippen LogP contribution in [0.1, 0.15) is 19.8 Å². The molecule has 0 spiro atoms.